The third-order valence-electron chi connectivity index (χ3n) is 5.19. The lowest BCUT2D eigenvalue weighted by Crippen LogP contribution is -2.28. The van der Waals surface area contributed by atoms with Gasteiger partial charge in [-0.15, -0.1) is 0 Å². The van der Waals surface area contributed by atoms with Crippen molar-refractivity contribution in [1.82, 2.24) is 5.32 Å². The molecule has 156 valence electrons. The molecule has 3 aromatic rings. The molecular formula is C24H26N2O3S. The van der Waals surface area contributed by atoms with E-state index >= 15 is 0 Å². The highest BCUT2D eigenvalue weighted by atomic mass is 32.2. The Balaban J connectivity index is 1.84. The van der Waals surface area contributed by atoms with Crippen LogP contribution in [0.25, 0.3) is 0 Å². The number of hydrogen-bond acceptors (Lipinski definition) is 3. The van der Waals surface area contributed by atoms with Crippen molar-refractivity contribution in [2.75, 3.05) is 11.4 Å². The predicted octanol–water partition coefficient (Wildman–Crippen LogP) is 4.37. The number of carbonyl (C=O) groups is 1. The summed E-state index contributed by atoms with van der Waals surface area (Å²) in [7, 11) is -2.23. The third-order valence-corrected chi connectivity index (χ3v) is 6.98. The maximum Gasteiger partial charge on any atom is 0.264 e. The van der Waals surface area contributed by atoms with Crippen molar-refractivity contribution >= 4 is 21.6 Å². The van der Waals surface area contributed by atoms with Gasteiger partial charge in [0.2, 0.25) is 0 Å². The Morgan fingerprint density at radius 1 is 0.900 bits per heavy atom. The van der Waals surface area contributed by atoms with Gasteiger partial charge in [-0.05, 0) is 61.7 Å². The molecule has 0 heterocycles. The second-order valence-corrected chi connectivity index (χ2v) is 9.37. The quantitative estimate of drug-likeness (QED) is 0.642. The van der Waals surface area contributed by atoms with Crippen LogP contribution in [0.15, 0.2) is 71.6 Å². The summed E-state index contributed by atoms with van der Waals surface area (Å²) >= 11 is 0. The molecule has 0 aromatic heterocycles. The van der Waals surface area contributed by atoms with Crippen LogP contribution >= 0.6 is 0 Å². The summed E-state index contributed by atoms with van der Waals surface area (Å²) in [6.45, 7) is 6.14. The van der Waals surface area contributed by atoms with Crippen molar-refractivity contribution in [2.24, 2.45) is 0 Å². The van der Waals surface area contributed by atoms with E-state index in [1.54, 1.807) is 42.5 Å². The summed E-state index contributed by atoms with van der Waals surface area (Å²) in [4.78, 5) is 12.9. The molecule has 3 aromatic carbocycles. The molecule has 6 heteroatoms. The van der Waals surface area contributed by atoms with E-state index < -0.39 is 10.0 Å². The molecule has 0 aliphatic heterocycles. The van der Waals surface area contributed by atoms with E-state index in [4.69, 9.17) is 0 Å². The summed E-state index contributed by atoms with van der Waals surface area (Å²) < 4.78 is 27.3. The van der Waals surface area contributed by atoms with Crippen LogP contribution in [0, 0.1) is 20.8 Å². The minimum Gasteiger partial charge on any atom is -0.348 e. The topological polar surface area (TPSA) is 66.5 Å². The number of rotatable bonds is 6. The van der Waals surface area contributed by atoms with Gasteiger partial charge in [-0.3, -0.25) is 9.10 Å². The lowest BCUT2D eigenvalue weighted by molar-refractivity contribution is 0.0951. The molecule has 0 radical (unpaired) electrons. The van der Waals surface area contributed by atoms with E-state index in [9.17, 15) is 13.2 Å². The largest absolute Gasteiger partial charge is 0.348 e. The second kappa shape index (κ2) is 8.71. The Hall–Kier alpha value is -3.12. The van der Waals surface area contributed by atoms with Crippen LogP contribution in [-0.4, -0.2) is 21.4 Å². The van der Waals surface area contributed by atoms with Gasteiger partial charge in [-0.2, -0.15) is 0 Å². The molecule has 0 fully saturated rings. The van der Waals surface area contributed by atoms with Crippen LogP contribution in [0.5, 0.6) is 0 Å². The van der Waals surface area contributed by atoms with Gasteiger partial charge in [0.05, 0.1) is 10.6 Å². The highest BCUT2D eigenvalue weighted by Crippen LogP contribution is 2.26. The molecule has 1 N–H and O–H groups in total. The molecule has 0 aliphatic rings. The van der Waals surface area contributed by atoms with Crippen molar-refractivity contribution in [1.29, 1.82) is 0 Å². The fourth-order valence-electron chi connectivity index (χ4n) is 3.17. The van der Waals surface area contributed by atoms with Gasteiger partial charge >= 0.3 is 0 Å². The Kier molecular flexibility index (Phi) is 6.27. The van der Waals surface area contributed by atoms with Crippen molar-refractivity contribution in [3.63, 3.8) is 0 Å². The van der Waals surface area contributed by atoms with Crippen LogP contribution in [0.1, 0.15) is 32.6 Å². The second-order valence-electron chi connectivity index (χ2n) is 7.40. The summed E-state index contributed by atoms with van der Waals surface area (Å²) in [5.74, 6) is -0.249. The van der Waals surface area contributed by atoms with Gasteiger partial charge in [-0.25, -0.2) is 8.42 Å². The Bertz CT molecular complexity index is 1170. The maximum atomic E-state index is 13.1. The van der Waals surface area contributed by atoms with Crippen LogP contribution in [0.4, 0.5) is 5.69 Å². The molecule has 0 saturated heterocycles. The monoisotopic (exact) mass is 422 g/mol. The summed E-state index contributed by atoms with van der Waals surface area (Å²) in [6, 6.07) is 19.7. The molecule has 0 saturated carbocycles. The normalized spacial score (nSPS) is 11.2. The number of amides is 1. The van der Waals surface area contributed by atoms with Gasteiger partial charge in [0.25, 0.3) is 15.9 Å². The van der Waals surface area contributed by atoms with E-state index in [2.05, 4.69) is 5.32 Å². The molecule has 5 nitrogen and oxygen atoms in total. The van der Waals surface area contributed by atoms with Gasteiger partial charge in [0.1, 0.15) is 0 Å². The highest BCUT2D eigenvalue weighted by Gasteiger charge is 2.23. The number of anilines is 1. The van der Waals surface area contributed by atoms with Crippen molar-refractivity contribution in [2.45, 2.75) is 32.2 Å². The zero-order valence-electron chi connectivity index (χ0n) is 17.6. The van der Waals surface area contributed by atoms with Gasteiger partial charge in [0, 0.05) is 19.2 Å². The minimum absolute atomic E-state index is 0.212. The Labute approximate surface area is 178 Å². The molecule has 0 bridgehead atoms. The van der Waals surface area contributed by atoms with E-state index in [1.165, 1.54) is 11.4 Å². The third kappa shape index (κ3) is 4.54. The molecule has 0 atom stereocenters. The summed E-state index contributed by atoms with van der Waals surface area (Å²) in [5.41, 5.74) is 4.78. The first kappa shape index (κ1) is 21.6. The van der Waals surface area contributed by atoms with Crippen LogP contribution in [0.3, 0.4) is 0 Å². The van der Waals surface area contributed by atoms with Crippen LogP contribution < -0.4 is 9.62 Å². The number of carbonyl (C=O) groups excluding carboxylic acids is 1. The van der Waals surface area contributed by atoms with Crippen molar-refractivity contribution < 1.29 is 13.2 Å². The van der Waals surface area contributed by atoms with Crippen molar-refractivity contribution in [3.8, 4) is 0 Å². The fourth-order valence-corrected chi connectivity index (χ4v) is 4.43. The summed E-state index contributed by atoms with van der Waals surface area (Å²) in [5, 5.41) is 2.91. The van der Waals surface area contributed by atoms with Gasteiger partial charge in [-0.1, -0.05) is 48.0 Å². The average Bonchev–Trinajstić information content (AvgIpc) is 2.73. The lowest BCUT2D eigenvalue weighted by Gasteiger charge is -2.22. The maximum absolute atomic E-state index is 13.1. The molecule has 0 unspecified atom stereocenters. The molecule has 0 aliphatic carbocycles. The number of nitrogens with one attached hydrogen (secondary N) is 1. The zero-order chi connectivity index (χ0) is 21.9. The van der Waals surface area contributed by atoms with E-state index in [1.807, 2.05) is 45.0 Å². The van der Waals surface area contributed by atoms with Gasteiger partial charge in [0.15, 0.2) is 0 Å². The van der Waals surface area contributed by atoms with Crippen LogP contribution in [-0.2, 0) is 16.6 Å². The number of aryl methyl sites for hydroxylation is 3. The first-order valence-corrected chi connectivity index (χ1v) is 11.1. The predicted molar refractivity (Wildman–Crippen MR) is 120 cm³/mol. The molecular weight excluding hydrogens is 396 g/mol. The number of sulfonamides is 1. The molecule has 0 spiro atoms. The lowest BCUT2D eigenvalue weighted by atomic mass is 10.1. The van der Waals surface area contributed by atoms with E-state index in [-0.39, 0.29) is 10.8 Å². The first-order chi connectivity index (χ1) is 14.2. The number of benzene rings is 3. The Morgan fingerprint density at radius 3 is 2.23 bits per heavy atom. The van der Waals surface area contributed by atoms with Crippen LogP contribution in [0.2, 0.25) is 0 Å². The van der Waals surface area contributed by atoms with Crippen molar-refractivity contribution in [3.05, 3.63) is 94.5 Å². The van der Waals surface area contributed by atoms with E-state index in [0.29, 0.717) is 17.8 Å². The molecule has 1 amide bonds. The minimum atomic E-state index is -3.73. The fraction of sp³-hybridized carbons (Fsp3) is 0.208. The number of nitrogens with zero attached hydrogens (tertiary/aromatic N) is 1. The highest BCUT2D eigenvalue weighted by molar-refractivity contribution is 7.92. The smallest absolute Gasteiger partial charge is 0.264 e. The zero-order valence-corrected chi connectivity index (χ0v) is 18.5. The first-order valence-electron chi connectivity index (χ1n) is 9.69. The molecule has 30 heavy (non-hydrogen) atoms. The van der Waals surface area contributed by atoms with Gasteiger partial charge < -0.3 is 5.32 Å². The standard InChI is InChI=1S/C24H26N2O3S/c1-17-9-13-22(14-10-17)30(28,29)26(4)23-15-20(12-11-19(23)3)24(27)25-16-21-8-6-5-7-18(21)2/h5-15H,16H2,1-4H3,(H,25,27). The Morgan fingerprint density at radius 2 is 1.57 bits per heavy atom. The molecule has 3 rings (SSSR count). The number of hydrogen-bond donors (Lipinski definition) is 1. The average molecular weight is 423 g/mol. The summed E-state index contributed by atoms with van der Waals surface area (Å²) in [6.07, 6.45) is 0. The van der Waals surface area contributed by atoms with E-state index in [0.717, 1.165) is 22.3 Å². The SMILES string of the molecule is Cc1ccc(S(=O)(=O)N(C)c2cc(C(=O)NCc3ccccc3C)ccc2C)cc1.